The summed E-state index contributed by atoms with van der Waals surface area (Å²) < 4.78 is 17.7. The Balaban J connectivity index is 1.77. The van der Waals surface area contributed by atoms with E-state index in [2.05, 4.69) is 6.92 Å². The molecule has 1 spiro atoms. The first-order chi connectivity index (χ1) is 8.07. The lowest BCUT2D eigenvalue weighted by Crippen LogP contribution is -2.67. The fourth-order valence-corrected chi connectivity index (χ4v) is 4.86. The summed E-state index contributed by atoms with van der Waals surface area (Å²) in [6.07, 6.45) is 2.94. The molecule has 4 fully saturated rings. The highest BCUT2D eigenvalue weighted by molar-refractivity contribution is 5.91. The zero-order chi connectivity index (χ0) is 11.9. The Morgan fingerprint density at radius 3 is 2.94 bits per heavy atom. The molecule has 0 aromatic carbocycles. The van der Waals surface area contributed by atoms with Gasteiger partial charge in [0.2, 0.25) is 0 Å². The van der Waals surface area contributed by atoms with E-state index in [1.165, 1.54) is 0 Å². The van der Waals surface area contributed by atoms with Crippen molar-refractivity contribution in [1.29, 1.82) is 0 Å². The van der Waals surface area contributed by atoms with Gasteiger partial charge in [0.1, 0.15) is 6.10 Å². The average Bonchev–Trinajstić information content (AvgIpc) is 2.73. The molecule has 0 amide bonds. The van der Waals surface area contributed by atoms with Crippen molar-refractivity contribution in [3.63, 3.8) is 0 Å². The van der Waals surface area contributed by atoms with Crippen molar-refractivity contribution in [3.8, 4) is 0 Å². The molecule has 2 saturated heterocycles. The number of carbonyl (C=O) groups excluding carboxylic acids is 1. The molecule has 5 atom stereocenters. The summed E-state index contributed by atoms with van der Waals surface area (Å²) in [6.45, 7) is 4.78. The van der Waals surface area contributed by atoms with Crippen molar-refractivity contribution in [2.24, 2.45) is 5.41 Å². The monoisotopic (exact) mass is 238 g/mol. The van der Waals surface area contributed by atoms with Gasteiger partial charge >= 0.3 is 0 Å². The number of hydrogen-bond acceptors (Lipinski definition) is 4. The lowest BCUT2D eigenvalue weighted by molar-refractivity contribution is -0.289. The molecule has 0 N–H and O–H groups in total. The number of Topliss-reactive ketones (excluding diaryl/α,β-unsaturated/α-hetero) is 1. The van der Waals surface area contributed by atoms with Crippen molar-refractivity contribution in [1.82, 2.24) is 0 Å². The van der Waals surface area contributed by atoms with Crippen LogP contribution < -0.4 is 0 Å². The number of ether oxygens (including phenoxy) is 3. The van der Waals surface area contributed by atoms with Crippen LogP contribution in [0, 0.1) is 5.41 Å². The molecule has 4 aliphatic rings. The van der Waals surface area contributed by atoms with Gasteiger partial charge in [-0.2, -0.15) is 0 Å². The minimum Gasteiger partial charge on any atom is -0.363 e. The topological polar surface area (TPSA) is 44.8 Å². The Morgan fingerprint density at radius 1 is 1.41 bits per heavy atom. The van der Waals surface area contributed by atoms with Gasteiger partial charge in [0.25, 0.3) is 0 Å². The molecule has 4 rings (SSSR count). The number of rotatable bonds is 2. The van der Waals surface area contributed by atoms with Crippen LogP contribution in [0.1, 0.15) is 39.5 Å². The summed E-state index contributed by atoms with van der Waals surface area (Å²) in [6, 6.07) is 0. The number of carbonyl (C=O) groups is 1. The predicted octanol–water partition coefficient (Wildman–Crippen LogP) is 1.42. The highest BCUT2D eigenvalue weighted by Gasteiger charge is 2.86. The van der Waals surface area contributed by atoms with Gasteiger partial charge in [-0.1, -0.05) is 0 Å². The molecule has 3 unspecified atom stereocenters. The van der Waals surface area contributed by atoms with Crippen LogP contribution in [-0.2, 0) is 19.0 Å². The first kappa shape index (κ1) is 10.5. The third-order valence-corrected chi connectivity index (χ3v) is 5.54. The second kappa shape index (κ2) is 2.76. The first-order valence-electron chi connectivity index (χ1n) is 6.57. The molecule has 0 aromatic heterocycles. The second-order valence-electron chi connectivity index (χ2n) is 6.04. The van der Waals surface area contributed by atoms with E-state index in [9.17, 15) is 4.79 Å². The van der Waals surface area contributed by atoms with Gasteiger partial charge in [-0.25, -0.2) is 0 Å². The third kappa shape index (κ3) is 0.862. The van der Waals surface area contributed by atoms with Crippen LogP contribution in [0.15, 0.2) is 0 Å². The van der Waals surface area contributed by atoms with Crippen LogP contribution in [0.2, 0.25) is 0 Å². The molecule has 2 aliphatic heterocycles. The van der Waals surface area contributed by atoms with Crippen LogP contribution in [-0.4, -0.2) is 36.0 Å². The van der Waals surface area contributed by atoms with E-state index in [0.717, 1.165) is 19.3 Å². The third-order valence-electron chi connectivity index (χ3n) is 5.54. The molecular weight excluding hydrogens is 220 g/mol. The maximum Gasteiger partial charge on any atom is 0.165 e. The molecule has 0 aromatic rings. The van der Waals surface area contributed by atoms with Crippen LogP contribution in [0.5, 0.6) is 0 Å². The van der Waals surface area contributed by atoms with Gasteiger partial charge in [0, 0.05) is 19.4 Å². The van der Waals surface area contributed by atoms with Crippen molar-refractivity contribution in [2.75, 3.05) is 6.61 Å². The van der Waals surface area contributed by atoms with Gasteiger partial charge in [-0.15, -0.1) is 0 Å². The Morgan fingerprint density at radius 2 is 2.24 bits per heavy atom. The van der Waals surface area contributed by atoms with Crippen molar-refractivity contribution < 1.29 is 19.0 Å². The quantitative estimate of drug-likeness (QED) is 0.730. The van der Waals surface area contributed by atoms with E-state index in [4.69, 9.17) is 14.2 Å². The average molecular weight is 238 g/mol. The summed E-state index contributed by atoms with van der Waals surface area (Å²) in [5.41, 5.74) is -0.520. The van der Waals surface area contributed by atoms with Gasteiger partial charge < -0.3 is 14.2 Å². The smallest absolute Gasteiger partial charge is 0.165 e. The minimum atomic E-state index is -0.276. The fraction of sp³-hybridized carbons (Fsp3) is 0.923. The molecule has 2 heterocycles. The highest BCUT2D eigenvalue weighted by Crippen LogP contribution is 2.75. The molecular formula is C13H18O4. The highest BCUT2D eigenvalue weighted by atomic mass is 16.7. The molecule has 94 valence electrons. The van der Waals surface area contributed by atoms with Gasteiger partial charge in [0.05, 0.1) is 16.6 Å². The van der Waals surface area contributed by atoms with Gasteiger partial charge in [-0.3, -0.25) is 4.79 Å². The Bertz CT molecular complexity index is 408. The standard InChI is InChI=1S/C13H18O4/c1-3-15-9-7-13-10-8(14)6-12(13,16-9)5-4-11(13,2)17-10/h9-10H,3-7H2,1-2H3/t9?,10?,11-,12+,13?/m1/s1. The predicted molar refractivity (Wildman–Crippen MR) is 58.4 cm³/mol. The Labute approximate surface area is 101 Å². The summed E-state index contributed by atoms with van der Waals surface area (Å²) >= 11 is 0. The first-order valence-corrected chi connectivity index (χ1v) is 6.57. The van der Waals surface area contributed by atoms with Crippen LogP contribution in [0.25, 0.3) is 0 Å². The maximum atomic E-state index is 12.0. The zero-order valence-corrected chi connectivity index (χ0v) is 10.3. The molecule has 0 bridgehead atoms. The number of hydrogen-bond donors (Lipinski definition) is 0. The summed E-state index contributed by atoms with van der Waals surface area (Å²) in [4.78, 5) is 12.0. The van der Waals surface area contributed by atoms with Crippen LogP contribution >= 0.6 is 0 Å². The summed E-state index contributed by atoms with van der Waals surface area (Å²) in [5.74, 6) is 0.233. The maximum absolute atomic E-state index is 12.0. The number of ketones is 1. The SMILES string of the molecule is CCOC1CC23C4O[C@]2(C)CC[C@@]3(CC4=O)O1. The molecule has 0 radical (unpaired) electrons. The van der Waals surface area contributed by atoms with Crippen LogP contribution in [0.3, 0.4) is 0 Å². The summed E-state index contributed by atoms with van der Waals surface area (Å²) in [5, 5.41) is 0. The minimum absolute atomic E-state index is 0.0864. The lowest BCUT2D eigenvalue weighted by atomic mass is 9.62. The van der Waals surface area contributed by atoms with E-state index >= 15 is 0 Å². The lowest BCUT2D eigenvalue weighted by Gasteiger charge is -2.56. The Hall–Kier alpha value is -0.450. The molecule has 2 aliphatic carbocycles. The van der Waals surface area contributed by atoms with E-state index in [0.29, 0.717) is 13.0 Å². The van der Waals surface area contributed by atoms with Crippen molar-refractivity contribution in [2.45, 2.75) is 63.1 Å². The van der Waals surface area contributed by atoms with E-state index in [1.807, 2.05) is 6.92 Å². The molecule has 2 saturated carbocycles. The largest absolute Gasteiger partial charge is 0.363 e. The van der Waals surface area contributed by atoms with Gasteiger partial charge in [0.15, 0.2) is 12.1 Å². The molecule has 17 heavy (non-hydrogen) atoms. The Kier molecular flexibility index (Phi) is 1.70. The second-order valence-corrected chi connectivity index (χ2v) is 6.04. The van der Waals surface area contributed by atoms with E-state index < -0.39 is 0 Å². The van der Waals surface area contributed by atoms with Crippen molar-refractivity contribution >= 4 is 5.78 Å². The van der Waals surface area contributed by atoms with Crippen molar-refractivity contribution in [3.05, 3.63) is 0 Å². The fourth-order valence-electron chi connectivity index (χ4n) is 4.86. The summed E-state index contributed by atoms with van der Waals surface area (Å²) in [7, 11) is 0. The van der Waals surface area contributed by atoms with Gasteiger partial charge in [-0.05, 0) is 26.7 Å². The zero-order valence-electron chi connectivity index (χ0n) is 10.3. The molecule has 4 heteroatoms. The van der Waals surface area contributed by atoms with E-state index in [-0.39, 0.29) is 34.8 Å². The normalized spacial score (nSPS) is 59.1. The van der Waals surface area contributed by atoms with Crippen LogP contribution in [0.4, 0.5) is 0 Å². The van der Waals surface area contributed by atoms with E-state index in [1.54, 1.807) is 0 Å². The molecule has 4 nitrogen and oxygen atoms in total.